The van der Waals surface area contributed by atoms with Crippen LogP contribution in [0.2, 0.25) is 0 Å². The fourth-order valence-electron chi connectivity index (χ4n) is 3.93. The van der Waals surface area contributed by atoms with Crippen molar-refractivity contribution >= 4 is 0 Å². The van der Waals surface area contributed by atoms with Crippen LogP contribution in [0.5, 0.6) is 23.0 Å². The summed E-state index contributed by atoms with van der Waals surface area (Å²) in [6, 6.07) is 9.95. The van der Waals surface area contributed by atoms with E-state index in [1.807, 2.05) is 18.2 Å². The van der Waals surface area contributed by atoms with Crippen LogP contribution in [0.3, 0.4) is 0 Å². The molecule has 0 spiro atoms. The van der Waals surface area contributed by atoms with Gasteiger partial charge in [0, 0.05) is 5.92 Å². The molecule has 3 atom stereocenters. The first-order valence-corrected chi connectivity index (χ1v) is 8.61. The van der Waals surface area contributed by atoms with Crippen LogP contribution in [0.15, 0.2) is 30.3 Å². The molecule has 2 aromatic carbocycles. The predicted octanol–water partition coefficient (Wildman–Crippen LogP) is 4.38. The minimum Gasteiger partial charge on any atom is -0.504 e. The summed E-state index contributed by atoms with van der Waals surface area (Å²) in [4.78, 5) is 0. The summed E-state index contributed by atoms with van der Waals surface area (Å²) in [7, 11) is 4.89. The standard InChI is InChI=1S/C21H26O4/c1-12-8-15-9-17(22)19(24-4)11-16(15)21(13(12)2)14-6-7-18(23-3)20(10-14)25-5/h6-7,9-13,21-22H,8H2,1-5H3. The highest BCUT2D eigenvalue weighted by Crippen LogP contribution is 2.47. The van der Waals surface area contributed by atoms with Gasteiger partial charge in [0.05, 0.1) is 21.3 Å². The van der Waals surface area contributed by atoms with Crippen LogP contribution in [-0.2, 0) is 6.42 Å². The molecule has 4 nitrogen and oxygen atoms in total. The lowest BCUT2D eigenvalue weighted by atomic mass is 9.68. The van der Waals surface area contributed by atoms with Gasteiger partial charge in [-0.1, -0.05) is 19.9 Å². The molecule has 3 unspecified atom stereocenters. The first kappa shape index (κ1) is 17.5. The molecule has 134 valence electrons. The van der Waals surface area contributed by atoms with E-state index in [0.29, 0.717) is 17.6 Å². The second-order valence-electron chi connectivity index (χ2n) is 6.86. The molecule has 3 rings (SSSR count). The Labute approximate surface area is 149 Å². The van der Waals surface area contributed by atoms with Crippen molar-refractivity contribution in [2.45, 2.75) is 26.2 Å². The minimum atomic E-state index is 0.203. The summed E-state index contributed by atoms with van der Waals surface area (Å²) in [5.74, 6) is 3.37. The zero-order chi connectivity index (χ0) is 18.1. The van der Waals surface area contributed by atoms with E-state index in [9.17, 15) is 5.11 Å². The Bertz CT molecular complexity index is 769. The average molecular weight is 342 g/mol. The van der Waals surface area contributed by atoms with E-state index >= 15 is 0 Å². The van der Waals surface area contributed by atoms with Gasteiger partial charge in [0.1, 0.15) is 0 Å². The van der Waals surface area contributed by atoms with Crippen LogP contribution < -0.4 is 14.2 Å². The second-order valence-corrected chi connectivity index (χ2v) is 6.86. The van der Waals surface area contributed by atoms with Crippen molar-refractivity contribution in [3.63, 3.8) is 0 Å². The van der Waals surface area contributed by atoms with Gasteiger partial charge in [-0.25, -0.2) is 0 Å². The molecule has 0 saturated carbocycles. The molecule has 0 fully saturated rings. The fraction of sp³-hybridized carbons (Fsp3) is 0.429. The number of rotatable bonds is 4. The fourth-order valence-corrected chi connectivity index (χ4v) is 3.93. The molecule has 0 bridgehead atoms. The Kier molecular flexibility index (Phi) is 4.80. The van der Waals surface area contributed by atoms with Gasteiger partial charge in [0.2, 0.25) is 0 Å². The molecule has 0 saturated heterocycles. The van der Waals surface area contributed by atoms with Crippen LogP contribution in [0.25, 0.3) is 0 Å². The predicted molar refractivity (Wildman–Crippen MR) is 98.1 cm³/mol. The third-order valence-corrected chi connectivity index (χ3v) is 5.51. The first-order valence-electron chi connectivity index (χ1n) is 8.61. The number of ether oxygens (including phenoxy) is 3. The van der Waals surface area contributed by atoms with Crippen LogP contribution in [0, 0.1) is 11.8 Å². The molecular formula is C21H26O4. The number of methoxy groups -OCH3 is 3. The van der Waals surface area contributed by atoms with Gasteiger partial charge >= 0.3 is 0 Å². The highest BCUT2D eigenvalue weighted by Gasteiger charge is 2.34. The maximum absolute atomic E-state index is 10.2. The molecule has 1 aliphatic carbocycles. The van der Waals surface area contributed by atoms with Gasteiger partial charge in [0.15, 0.2) is 23.0 Å². The van der Waals surface area contributed by atoms with Gasteiger partial charge in [0.25, 0.3) is 0 Å². The summed E-state index contributed by atoms with van der Waals surface area (Å²) >= 11 is 0. The Morgan fingerprint density at radius 1 is 0.880 bits per heavy atom. The third kappa shape index (κ3) is 3.01. The Hall–Kier alpha value is -2.36. The molecule has 1 aliphatic rings. The van der Waals surface area contributed by atoms with Crippen LogP contribution >= 0.6 is 0 Å². The smallest absolute Gasteiger partial charge is 0.161 e. The maximum Gasteiger partial charge on any atom is 0.161 e. The molecule has 0 aliphatic heterocycles. The number of fused-ring (bicyclic) bond motifs is 1. The monoisotopic (exact) mass is 342 g/mol. The largest absolute Gasteiger partial charge is 0.504 e. The van der Waals surface area contributed by atoms with Gasteiger partial charge in [-0.15, -0.1) is 0 Å². The van der Waals surface area contributed by atoms with Gasteiger partial charge in [-0.3, -0.25) is 0 Å². The summed E-state index contributed by atoms with van der Waals surface area (Å²) in [5.41, 5.74) is 3.59. The molecule has 0 aromatic heterocycles. The van der Waals surface area contributed by atoms with Crippen molar-refractivity contribution in [3.8, 4) is 23.0 Å². The highest BCUT2D eigenvalue weighted by atomic mass is 16.5. The lowest BCUT2D eigenvalue weighted by molar-refractivity contribution is 0.318. The normalized spacial score (nSPS) is 22.2. The van der Waals surface area contributed by atoms with E-state index in [-0.39, 0.29) is 11.7 Å². The molecule has 25 heavy (non-hydrogen) atoms. The van der Waals surface area contributed by atoms with E-state index < -0.39 is 0 Å². The second kappa shape index (κ2) is 6.87. The molecule has 0 heterocycles. The number of aromatic hydroxyl groups is 1. The molecule has 2 aromatic rings. The summed E-state index contributed by atoms with van der Waals surface area (Å²) in [5, 5.41) is 10.2. The summed E-state index contributed by atoms with van der Waals surface area (Å²) in [6.45, 7) is 4.55. The quantitative estimate of drug-likeness (QED) is 0.896. The number of hydrogen-bond acceptors (Lipinski definition) is 4. The van der Waals surface area contributed by atoms with E-state index in [2.05, 4.69) is 26.0 Å². The maximum atomic E-state index is 10.2. The summed E-state index contributed by atoms with van der Waals surface area (Å²) in [6.07, 6.45) is 0.956. The molecule has 4 heteroatoms. The summed E-state index contributed by atoms with van der Waals surface area (Å²) < 4.78 is 16.2. The zero-order valence-corrected chi connectivity index (χ0v) is 15.5. The molecule has 0 radical (unpaired) electrons. The molecule has 1 N–H and O–H groups in total. The Morgan fingerprint density at radius 2 is 1.56 bits per heavy atom. The van der Waals surface area contributed by atoms with E-state index in [0.717, 1.165) is 17.9 Å². The number of phenols is 1. The van der Waals surface area contributed by atoms with E-state index in [1.54, 1.807) is 21.3 Å². The Balaban J connectivity index is 2.15. The topological polar surface area (TPSA) is 47.9 Å². The van der Waals surface area contributed by atoms with Crippen molar-refractivity contribution in [3.05, 3.63) is 47.0 Å². The lowest BCUT2D eigenvalue weighted by Gasteiger charge is -2.37. The lowest BCUT2D eigenvalue weighted by Crippen LogP contribution is -2.26. The molecular weight excluding hydrogens is 316 g/mol. The number of hydrogen-bond donors (Lipinski definition) is 1. The highest BCUT2D eigenvalue weighted by molar-refractivity contribution is 5.53. The number of benzene rings is 2. The number of phenolic OH excluding ortho intramolecular Hbond substituents is 1. The third-order valence-electron chi connectivity index (χ3n) is 5.51. The van der Waals surface area contributed by atoms with Crippen molar-refractivity contribution in [1.82, 2.24) is 0 Å². The van der Waals surface area contributed by atoms with Crippen molar-refractivity contribution in [2.75, 3.05) is 21.3 Å². The Morgan fingerprint density at radius 3 is 2.20 bits per heavy atom. The molecule has 0 amide bonds. The van der Waals surface area contributed by atoms with Crippen molar-refractivity contribution in [1.29, 1.82) is 0 Å². The van der Waals surface area contributed by atoms with Crippen LogP contribution in [0.4, 0.5) is 0 Å². The van der Waals surface area contributed by atoms with Crippen LogP contribution in [0.1, 0.15) is 36.5 Å². The van der Waals surface area contributed by atoms with E-state index in [1.165, 1.54) is 16.7 Å². The van der Waals surface area contributed by atoms with Crippen molar-refractivity contribution < 1.29 is 19.3 Å². The SMILES string of the molecule is COc1cc2c(cc1O)CC(C)C(C)C2c1ccc(OC)c(OC)c1. The van der Waals surface area contributed by atoms with Crippen LogP contribution in [-0.4, -0.2) is 26.4 Å². The van der Waals surface area contributed by atoms with Crippen molar-refractivity contribution in [2.24, 2.45) is 11.8 Å². The van der Waals surface area contributed by atoms with Gasteiger partial charge < -0.3 is 19.3 Å². The van der Waals surface area contributed by atoms with E-state index in [4.69, 9.17) is 14.2 Å². The van der Waals surface area contributed by atoms with Gasteiger partial charge in [-0.2, -0.15) is 0 Å². The van der Waals surface area contributed by atoms with Gasteiger partial charge in [-0.05, 0) is 59.2 Å². The first-order chi connectivity index (χ1) is 12.0. The average Bonchev–Trinajstić information content (AvgIpc) is 2.62. The zero-order valence-electron chi connectivity index (χ0n) is 15.5. The minimum absolute atomic E-state index is 0.203.